The summed E-state index contributed by atoms with van der Waals surface area (Å²) in [5.41, 5.74) is 3.26. The van der Waals surface area contributed by atoms with Gasteiger partial charge in [-0.25, -0.2) is 4.79 Å². The minimum Gasteiger partial charge on any atom is -0.465 e. The van der Waals surface area contributed by atoms with Crippen LogP contribution in [0.25, 0.3) is 0 Å². The van der Waals surface area contributed by atoms with Gasteiger partial charge in [-0.05, 0) is 54.5 Å². The Morgan fingerprint density at radius 1 is 1.17 bits per heavy atom. The Kier molecular flexibility index (Phi) is 7.13. The highest BCUT2D eigenvalue weighted by atomic mass is 79.9. The summed E-state index contributed by atoms with van der Waals surface area (Å²) >= 11 is 9.00. The van der Waals surface area contributed by atoms with Crippen LogP contribution in [0.4, 0.5) is 0 Å². The summed E-state index contributed by atoms with van der Waals surface area (Å²) in [6.07, 6.45) is 4.10. The van der Waals surface area contributed by atoms with Crippen LogP contribution >= 0.6 is 27.5 Å². The maximum Gasteiger partial charge on any atom is 0.337 e. The zero-order valence-corrected chi connectivity index (χ0v) is 15.4. The molecular weight excluding hydrogens is 376 g/mol. The van der Waals surface area contributed by atoms with Crippen LogP contribution in [0.5, 0.6) is 0 Å². The van der Waals surface area contributed by atoms with Crippen molar-refractivity contribution in [2.24, 2.45) is 5.92 Å². The summed E-state index contributed by atoms with van der Waals surface area (Å²) in [5.74, 6) is 1.29. The van der Waals surface area contributed by atoms with Crippen molar-refractivity contribution in [3.8, 4) is 0 Å². The van der Waals surface area contributed by atoms with Gasteiger partial charge in [-0.15, -0.1) is 11.6 Å². The van der Waals surface area contributed by atoms with Crippen LogP contribution in [0.1, 0.15) is 34.3 Å². The van der Waals surface area contributed by atoms with Crippen LogP contribution in [-0.4, -0.2) is 13.1 Å². The van der Waals surface area contributed by atoms with E-state index < -0.39 is 0 Å². The molecule has 0 unspecified atom stereocenters. The summed E-state index contributed by atoms with van der Waals surface area (Å²) in [6.45, 7) is 0. The number of hydrogen-bond acceptors (Lipinski definition) is 2. The Balaban J connectivity index is 0.000000168. The van der Waals surface area contributed by atoms with E-state index in [9.17, 15) is 4.79 Å². The SMILES string of the molecule is COC(=O)c1cccc(Br)c1.ClCc1cccc(CC2CC2)c1. The molecule has 122 valence electrons. The zero-order valence-electron chi connectivity index (χ0n) is 13.1. The van der Waals surface area contributed by atoms with Gasteiger partial charge in [-0.1, -0.05) is 46.3 Å². The number of carbonyl (C=O) groups excluding carboxylic acids is 1. The first-order valence-corrected chi connectivity index (χ1v) is 8.92. The van der Waals surface area contributed by atoms with Crippen molar-refractivity contribution in [1.29, 1.82) is 0 Å². The van der Waals surface area contributed by atoms with Crippen molar-refractivity contribution in [2.45, 2.75) is 25.1 Å². The van der Waals surface area contributed by atoms with Gasteiger partial charge >= 0.3 is 5.97 Å². The third kappa shape index (κ3) is 6.36. The molecule has 1 aliphatic rings. The Morgan fingerprint density at radius 3 is 2.48 bits per heavy atom. The largest absolute Gasteiger partial charge is 0.465 e. The minimum absolute atomic E-state index is 0.314. The van der Waals surface area contributed by atoms with E-state index in [1.54, 1.807) is 18.2 Å². The topological polar surface area (TPSA) is 26.3 Å². The highest BCUT2D eigenvalue weighted by Gasteiger charge is 2.21. The monoisotopic (exact) mass is 394 g/mol. The molecule has 0 spiro atoms. The van der Waals surface area contributed by atoms with Crippen LogP contribution in [0, 0.1) is 5.92 Å². The summed E-state index contributed by atoms with van der Waals surface area (Å²) in [6, 6.07) is 15.7. The van der Waals surface area contributed by atoms with Crippen molar-refractivity contribution >= 4 is 33.5 Å². The molecule has 1 fully saturated rings. The lowest BCUT2D eigenvalue weighted by atomic mass is 10.1. The first kappa shape index (κ1) is 18.0. The normalized spacial score (nSPS) is 13.0. The summed E-state index contributed by atoms with van der Waals surface area (Å²) in [5, 5.41) is 0. The van der Waals surface area contributed by atoms with Gasteiger partial charge in [-0.3, -0.25) is 0 Å². The number of hydrogen-bond donors (Lipinski definition) is 0. The molecule has 2 aromatic carbocycles. The fraction of sp³-hybridized carbons (Fsp3) is 0.316. The standard InChI is InChI=1S/C11H13Cl.C8H7BrO2/c12-8-11-3-1-2-10(7-11)6-9-4-5-9;1-11-8(10)6-3-2-4-7(9)5-6/h1-3,7,9H,4-6,8H2;2-5H,1H3. The van der Waals surface area contributed by atoms with Crippen molar-refractivity contribution in [3.05, 3.63) is 69.7 Å². The number of rotatable bonds is 4. The third-order valence-corrected chi connectivity index (χ3v) is 4.41. The van der Waals surface area contributed by atoms with Gasteiger partial charge in [-0.2, -0.15) is 0 Å². The quantitative estimate of drug-likeness (QED) is 0.496. The number of alkyl halides is 1. The number of ether oxygens (including phenoxy) is 1. The van der Waals surface area contributed by atoms with Gasteiger partial charge in [0.05, 0.1) is 12.7 Å². The molecule has 0 heterocycles. The van der Waals surface area contributed by atoms with Crippen molar-refractivity contribution in [1.82, 2.24) is 0 Å². The Labute approximate surface area is 150 Å². The van der Waals surface area contributed by atoms with Gasteiger partial charge in [0.1, 0.15) is 0 Å². The lowest BCUT2D eigenvalue weighted by molar-refractivity contribution is 0.0600. The molecule has 2 nitrogen and oxygen atoms in total. The number of methoxy groups -OCH3 is 1. The van der Waals surface area contributed by atoms with E-state index in [4.69, 9.17) is 11.6 Å². The van der Waals surface area contributed by atoms with Gasteiger partial charge in [0.25, 0.3) is 0 Å². The smallest absolute Gasteiger partial charge is 0.337 e. The molecular formula is C19H20BrClO2. The van der Waals surface area contributed by atoms with E-state index in [2.05, 4.69) is 44.9 Å². The third-order valence-electron chi connectivity index (χ3n) is 3.61. The van der Waals surface area contributed by atoms with E-state index in [1.807, 2.05) is 6.07 Å². The summed E-state index contributed by atoms with van der Waals surface area (Å²) in [7, 11) is 1.36. The number of esters is 1. The molecule has 0 bridgehead atoms. The lowest BCUT2D eigenvalue weighted by Crippen LogP contribution is -2.00. The maximum absolute atomic E-state index is 10.9. The van der Waals surface area contributed by atoms with Crippen LogP contribution in [-0.2, 0) is 17.0 Å². The van der Waals surface area contributed by atoms with Crippen molar-refractivity contribution < 1.29 is 9.53 Å². The Morgan fingerprint density at radius 2 is 1.87 bits per heavy atom. The van der Waals surface area contributed by atoms with E-state index >= 15 is 0 Å². The second kappa shape index (κ2) is 9.09. The van der Waals surface area contributed by atoms with Crippen LogP contribution < -0.4 is 0 Å². The molecule has 0 N–H and O–H groups in total. The second-order valence-electron chi connectivity index (χ2n) is 5.60. The van der Waals surface area contributed by atoms with Gasteiger partial charge in [0, 0.05) is 10.4 Å². The fourth-order valence-corrected chi connectivity index (χ4v) is 2.79. The average Bonchev–Trinajstić information content (AvgIpc) is 3.39. The minimum atomic E-state index is -0.314. The molecule has 2 aromatic rings. The molecule has 4 heteroatoms. The van der Waals surface area contributed by atoms with Crippen molar-refractivity contribution in [3.63, 3.8) is 0 Å². The van der Waals surface area contributed by atoms with E-state index in [0.717, 1.165) is 10.4 Å². The number of benzene rings is 2. The van der Waals surface area contributed by atoms with Gasteiger partial charge < -0.3 is 4.74 Å². The predicted molar refractivity (Wildman–Crippen MR) is 97.9 cm³/mol. The lowest BCUT2D eigenvalue weighted by Gasteiger charge is -2.00. The summed E-state index contributed by atoms with van der Waals surface area (Å²) < 4.78 is 5.41. The van der Waals surface area contributed by atoms with Crippen molar-refractivity contribution in [2.75, 3.05) is 7.11 Å². The van der Waals surface area contributed by atoms with Crippen LogP contribution in [0.15, 0.2) is 53.0 Å². The highest BCUT2D eigenvalue weighted by Crippen LogP contribution is 2.32. The van der Waals surface area contributed by atoms with E-state index in [0.29, 0.717) is 11.4 Å². The molecule has 0 amide bonds. The summed E-state index contributed by atoms with van der Waals surface area (Å²) in [4.78, 5) is 10.9. The first-order valence-electron chi connectivity index (χ1n) is 7.60. The van der Waals surface area contributed by atoms with Crippen LogP contribution in [0.3, 0.4) is 0 Å². The molecule has 0 radical (unpaired) electrons. The molecule has 3 rings (SSSR count). The van der Waals surface area contributed by atoms with Crippen LogP contribution in [0.2, 0.25) is 0 Å². The molecule has 23 heavy (non-hydrogen) atoms. The molecule has 1 aliphatic carbocycles. The van der Waals surface area contributed by atoms with E-state index in [-0.39, 0.29) is 5.97 Å². The second-order valence-corrected chi connectivity index (χ2v) is 6.79. The predicted octanol–water partition coefficient (Wildman–Crippen LogP) is 5.61. The highest BCUT2D eigenvalue weighted by molar-refractivity contribution is 9.10. The zero-order chi connectivity index (χ0) is 16.7. The Bertz CT molecular complexity index is 653. The molecule has 1 saturated carbocycles. The average molecular weight is 396 g/mol. The number of carbonyl (C=O) groups is 1. The van der Waals surface area contributed by atoms with Gasteiger partial charge in [0.2, 0.25) is 0 Å². The number of halogens is 2. The molecule has 0 aliphatic heterocycles. The maximum atomic E-state index is 10.9. The van der Waals surface area contributed by atoms with Gasteiger partial charge in [0.15, 0.2) is 0 Å². The molecule has 0 atom stereocenters. The molecule has 0 aromatic heterocycles. The first-order chi connectivity index (χ1) is 11.1. The fourth-order valence-electron chi connectivity index (χ4n) is 2.23. The van der Waals surface area contributed by atoms with E-state index in [1.165, 1.54) is 37.5 Å². The molecule has 0 saturated heterocycles. The Hall–Kier alpha value is -1.32.